The van der Waals surface area contributed by atoms with Crippen LogP contribution in [-0.2, 0) is 14.3 Å². The fraction of sp³-hybridized carbons (Fsp3) is 0.429. The fourth-order valence-electron chi connectivity index (χ4n) is 1.26. The minimum Gasteiger partial charge on any atom is -0.469 e. The summed E-state index contributed by atoms with van der Waals surface area (Å²) >= 11 is 0. The highest BCUT2D eigenvalue weighted by Crippen LogP contribution is 2.02. The summed E-state index contributed by atoms with van der Waals surface area (Å²) in [6.45, 7) is 2.05. The number of esters is 1. The van der Waals surface area contributed by atoms with Gasteiger partial charge >= 0.3 is 5.97 Å². The first-order valence-electron chi connectivity index (χ1n) is 6.33. The Bertz CT molecular complexity index is 515. The van der Waals surface area contributed by atoms with Crippen LogP contribution in [0, 0.1) is 11.8 Å². The van der Waals surface area contributed by atoms with Gasteiger partial charge in [0.2, 0.25) is 5.91 Å². The zero-order chi connectivity index (χ0) is 14.8. The smallest absolute Gasteiger partial charge is 0.306 e. The van der Waals surface area contributed by atoms with Gasteiger partial charge in [-0.3, -0.25) is 9.59 Å². The molecule has 0 bridgehead atoms. The predicted octanol–water partition coefficient (Wildman–Crippen LogP) is 1.52. The van der Waals surface area contributed by atoms with E-state index >= 15 is 0 Å². The number of nitrogens with zero attached hydrogens (tertiary/aromatic N) is 2. The van der Waals surface area contributed by atoms with Crippen LogP contribution in [0.3, 0.4) is 0 Å². The maximum Gasteiger partial charge on any atom is 0.306 e. The number of hydrogen-bond acceptors (Lipinski definition) is 5. The molecule has 6 nitrogen and oxygen atoms in total. The standard InChI is InChI=1S/C14H17N3O3/c1-3-4-5-6-11-9-16-12(10-15-11)17-13(18)7-8-14(19)20-2/h9-10H,3-4,7-8H2,1-2H3,(H,16,17,18). The summed E-state index contributed by atoms with van der Waals surface area (Å²) in [5.41, 5.74) is 0.561. The number of nitrogens with one attached hydrogen (secondary N) is 1. The van der Waals surface area contributed by atoms with Crippen LogP contribution in [-0.4, -0.2) is 29.0 Å². The molecule has 106 valence electrons. The number of amides is 1. The lowest BCUT2D eigenvalue weighted by molar-refractivity contribution is -0.141. The first kappa shape index (κ1) is 15.6. The van der Waals surface area contributed by atoms with Crippen molar-refractivity contribution in [3.05, 3.63) is 18.1 Å². The largest absolute Gasteiger partial charge is 0.469 e. The summed E-state index contributed by atoms with van der Waals surface area (Å²) in [7, 11) is 1.28. The molecule has 1 aromatic heterocycles. The summed E-state index contributed by atoms with van der Waals surface area (Å²) < 4.78 is 4.45. The van der Waals surface area contributed by atoms with Crippen LogP contribution in [0.1, 0.15) is 38.3 Å². The molecule has 0 fully saturated rings. The molecule has 0 unspecified atom stereocenters. The van der Waals surface area contributed by atoms with Gasteiger partial charge in [0, 0.05) is 12.8 Å². The molecular weight excluding hydrogens is 258 g/mol. The second-order valence-electron chi connectivity index (χ2n) is 3.96. The van der Waals surface area contributed by atoms with Crippen molar-refractivity contribution in [2.75, 3.05) is 12.4 Å². The van der Waals surface area contributed by atoms with E-state index in [0.29, 0.717) is 11.5 Å². The second kappa shape index (κ2) is 8.64. The zero-order valence-corrected chi connectivity index (χ0v) is 11.6. The lowest BCUT2D eigenvalue weighted by atomic mass is 10.3. The van der Waals surface area contributed by atoms with E-state index in [1.54, 1.807) is 0 Å². The van der Waals surface area contributed by atoms with E-state index in [1.807, 2.05) is 6.92 Å². The molecule has 1 rings (SSSR count). The third kappa shape index (κ3) is 5.96. The van der Waals surface area contributed by atoms with Crippen LogP contribution >= 0.6 is 0 Å². The van der Waals surface area contributed by atoms with E-state index in [9.17, 15) is 9.59 Å². The molecule has 1 amide bonds. The molecular formula is C14H17N3O3. The zero-order valence-electron chi connectivity index (χ0n) is 11.6. The minimum atomic E-state index is -0.423. The summed E-state index contributed by atoms with van der Waals surface area (Å²) in [6.07, 6.45) is 4.83. The highest BCUT2D eigenvalue weighted by atomic mass is 16.5. The predicted molar refractivity (Wildman–Crippen MR) is 73.7 cm³/mol. The molecule has 0 atom stereocenters. The van der Waals surface area contributed by atoms with Gasteiger partial charge in [-0.25, -0.2) is 9.97 Å². The summed E-state index contributed by atoms with van der Waals surface area (Å²) in [5.74, 6) is 5.44. The van der Waals surface area contributed by atoms with Crippen molar-refractivity contribution in [3.63, 3.8) is 0 Å². The van der Waals surface area contributed by atoms with Crippen LogP contribution in [0.5, 0.6) is 0 Å². The number of anilines is 1. The summed E-state index contributed by atoms with van der Waals surface area (Å²) in [4.78, 5) is 30.5. The first-order chi connectivity index (χ1) is 9.65. The number of carbonyl (C=O) groups is 2. The molecule has 1 heterocycles. The number of methoxy groups -OCH3 is 1. The number of aromatic nitrogens is 2. The second-order valence-corrected chi connectivity index (χ2v) is 3.96. The highest BCUT2D eigenvalue weighted by molar-refractivity contribution is 5.91. The van der Waals surface area contributed by atoms with Crippen LogP contribution in [0.25, 0.3) is 0 Å². The molecule has 0 aromatic carbocycles. The lowest BCUT2D eigenvalue weighted by Gasteiger charge is -2.03. The van der Waals surface area contributed by atoms with Crippen LogP contribution in [0.2, 0.25) is 0 Å². The Morgan fingerprint density at radius 3 is 2.70 bits per heavy atom. The summed E-state index contributed by atoms with van der Waals surface area (Å²) in [6, 6.07) is 0. The third-order valence-electron chi connectivity index (χ3n) is 2.29. The maximum atomic E-state index is 11.5. The average Bonchev–Trinajstić information content (AvgIpc) is 2.47. The Morgan fingerprint density at radius 2 is 2.10 bits per heavy atom. The van der Waals surface area contributed by atoms with E-state index in [2.05, 4.69) is 31.9 Å². The van der Waals surface area contributed by atoms with Gasteiger partial charge in [-0.1, -0.05) is 12.8 Å². The number of hydrogen-bond donors (Lipinski definition) is 1. The van der Waals surface area contributed by atoms with Crippen molar-refractivity contribution < 1.29 is 14.3 Å². The van der Waals surface area contributed by atoms with Crippen molar-refractivity contribution in [2.45, 2.75) is 32.6 Å². The molecule has 20 heavy (non-hydrogen) atoms. The highest BCUT2D eigenvalue weighted by Gasteiger charge is 2.07. The Labute approximate surface area is 118 Å². The molecule has 1 aromatic rings. The van der Waals surface area contributed by atoms with Crippen molar-refractivity contribution >= 4 is 17.7 Å². The Kier molecular flexibility index (Phi) is 6.76. The van der Waals surface area contributed by atoms with Gasteiger partial charge < -0.3 is 10.1 Å². The number of unbranched alkanes of at least 4 members (excludes halogenated alkanes) is 1. The molecule has 0 radical (unpaired) electrons. The van der Waals surface area contributed by atoms with E-state index in [1.165, 1.54) is 19.5 Å². The van der Waals surface area contributed by atoms with Crippen molar-refractivity contribution in [1.29, 1.82) is 0 Å². The minimum absolute atomic E-state index is 0.0380. The van der Waals surface area contributed by atoms with E-state index < -0.39 is 5.97 Å². The topological polar surface area (TPSA) is 81.2 Å². The third-order valence-corrected chi connectivity index (χ3v) is 2.29. The molecule has 0 saturated carbocycles. The van der Waals surface area contributed by atoms with Crippen molar-refractivity contribution in [1.82, 2.24) is 9.97 Å². The Morgan fingerprint density at radius 1 is 1.30 bits per heavy atom. The van der Waals surface area contributed by atoms with E-state index in [4.69, 9.17) is 0 Å². The SMILES string of the molecule is CCCC#Cc1cnc(NC(=O)CCC(=O)OC)cn1. The van der Waals surface area contributed by atoms with Gasteiger partial charge in [-0.15, -0.1) is 0 Å². The number of carbonyl (C=O) groups excluding carboxylic acids is 2. The van der Waals surface area contributed by atoms with Crippen LogP contribution in [0.15, 0.2) is 12.4 Å². The summed E-state index contributed by atoms with van der Waals surface area (Å²) in [5, 5.41) is 2.55. The normalized spacial score (nSPS) is 9.30. The van der Waals surface area contributed by atoms with Gasteiger partial charge in [-0.05, 0) is 12.3 Å². The Hall–Kier alpha value is -2.42. The van der Waals surface area contributed by atoms with Gasteiger partial charge in [0.25, 0.3) is 0 Å². The molecule has 1 N–H and O–H groups in total. The van der Waals surface area contributed by atoms with Gasteiger partial charge in [-0.2, -0.15) is 0 Å². The molecule has 0 aliphatic rings. The fourth-order valence-corrected chi connectivity index (χ4v) is 1.26. The van der Waals surface area contributed by atoms with Gasteiger partial charge in [0.1, 0.15) is 5.69 Å². The van der Waals surface area contributed by atoms with Gasteiger partial charge in [0.15, 0.2) is 5.82 Å². The Balaban J connectivity index is 2.47. The van der Waals surface area contributed by atoms with Gasteiger partial charge in [0.05, 0.1) is 25.9 Å². The average molecular weight is 275 g/mol. The monoisotopic (exact) mass is 275 g/mol. The van der Waals surface area contributed by atoms with Crippen molar-refractivity contribution in [2.24, 2.45) is 0 Å². The van der Waals surface area contributed by atoms with Crippen molar-refractivity contribution in [3.8, 4) is 11.8 Å². The molecule has 0 spiro atoms. The van der Waals surface area contributed by atoms with Crippen LogP contribution < -0.4 is 5.32 Å². The van der Waals surface area contributed by atoms with Crippen LogP contribution in [0.4, 0.5) is 5.82 Å². The molecule has 0 aliphatic carbocycles. The maximum absolute atomic E-state index is 11.5. The molecule has 0 saturated heterocycles. The molecule has 6 heteroatoms. The first-order valence-corrected chi connectivity index (χ1v) is 6.33. The van der Waals surface area contributed by atoms with E-state index in [0.717, 1.165) is 12.8 Å². The molecule has 0 aliphatic heterocycles. The quantitative estimate of drug-likeness (QED) is 0.651. The van der Waals surface area contributed by atoms with E-state index in [-0.39, 0.29) is 18.7 Å². The number of ether oxygens (including phenoxy) is 1. The lowest BCUT2D eigenvalue weighted by Crippen LogP contribution is -2.15. The number of rotatable bonds is 5.